The largest absolute Gasteiger partial charge is 0.268 e. The summed E-state index contributed by atoms with van der Waals surface area (Å²) in [6.07, 6.45) is 3.48. The van der Waals surface area contributed by atoms with E-state index in [0.29, 0.717) is 0 Å². The van der Waals surface area contributed by atoms with Crippen LogP contribution in [0.5, 0.6) is 0 Å². The van der Waals surface area contributed by atoms with Crippen LogP contribution in [-0.4, -0.2) is 16.8 Å². The van der Waals surface area contributed by atoms with Crippen LogP contribution in [0.2, 0.25) is 0 Å². The van der Waals surface area contributed by atoms with Gasteiger partial charge in [-0.2, -0.15) is 5.10 Å². The van der Waals surface area contributed by atoms with E-state index in [0.717, 1.165) is 0 Å². The van der Waals surface area contributed by atoms with Crippen molar-refractivity contribution in [3.63, 3.8) is 0 Å². The summed E-state index contributed by atoms with van der Waals surface area (Å²) in [6.45, 7) is 11.8. The highest BCUT2D eigenvalue weighted by atomic mass is 15.5. The Morgan fingerprint density at radius 2 is 1.90 bits per heavy atom. The Labute approximate surface area is 63.2 Å². The Kier molecular flexibility index (Phi) is 3.13. The lowest BCUT2D eigenvalue weighted by molar-refractivity contribution is 0.216. The molecule has 0 amide bonds. The van der Waals surface area contributed by atoms with Gasteiger partial charge in [-0.15, -0.1) is 0 Å². The minimum Gasteiger partial charge on any atom is -0.268 e. The van der Waals surface area contributed by atoms with Gasteiger partial charge < -0.3 is 0 Å². The Hall–Kier alpha value is -0.790. The number of nitrogens with zero attached hydrogens (tertiary/aromatic N) is 2. The van der Waals surface area contributed by atoms with Gasteiger partial charge in [0.25, 0.3) is 0 Å². The van der Waals surface area contributed by atoms with Crippen LogP contribution >= 0.6 is 0 Å². The van der Waals surface area contributed by atoms with Crippen molar-refractivity contribution in [2.45, 2.75) is 33.2 Å². The molecule has 0 N–H and O–H groups in total. The summed E-state index contributed by atoms with van der Waals surface area (Å²) < 4.78 is 0. The smallest absolute Gasteiger partial charge is 0.0543 e. The fourth-order valence-corrected chi connectivity index (χ4v) is 0.619. The minimum atomic E-state index is 0.0360. The Morgan fingerprint density at radius 3 is 2.00 bits per heavy atom. The zero-order chi connectivity index (χ0) is 8.20. The molecule has 0 aliphatic carbocycles. The van der Waals surface area contributed by atoms with Crippen molar-refractivity contribution in [3.05, 3.63) is 12.8 Å². The van der Waals surface area contributed by atoms with Gasteiger partial charge >= 0.3 is 0 Å². The first-order valence-electron chi connectivity index (χ1n) is 3.43. The molecule has 0 aliphatic heterocycles. The van der Waals surface area contributed by atoms with Crippen LogP contribution in [0.1, 0.15) is 27.7 Å². The van der Waals surface area contributed by atoms with E-state index in [2.05, 4.69) is 32.5 Å². The van der Waals surface area contributed by atoms with E-state index in [-0.39, 0.29) is 5.54 Å². The second kappa shape index (κ2) is 3.40. The fourth-order valence-electron chi connectivity index (χ4n) is 0.619. The normalized spacial score (nSPS) is 12.0. The predicted octanol–water partition coefficient (Wildman–Crippen LogP) is 2.24. The Bertz CT molecular complexity index is 131. The molecule has 0 bridgehead atoms. The zero-order valence-electron chi connectivity index (χ0n) is 7.26. The quantitative estimate of drug-likeness (QED) is 0.424. The van der Waals surface area contributed by atoms with Gasteiger partial charge in [0.05, 0.1) is 5.54 Å². The van der Waals surface area contributed by atoms with Crippen LogP contribution in [0, 0.1) is 0 Å². The van der Waals surface area contributed by atoms with Crippen LogP contribution in [0.3, 0.4) is 0 Å². The van der Waals surface area contributed by atoms with Gasteiger partial charge in [-0.05, 0) is 27.7 Å². The first-order valence-corrected chi connectivity index (χ1v) is 3.43. The fraction of sp³-hybridized carbons (Fsp3) is 0.625. The molecule has 0 aromatic carbocycles. The van der Waals surface area contributed by atoms with E-state index in [9.17, 15) is 0 Å². The van der Waals surface area contributed by atoms with Gasteiger partial charge in [0.2, 0.25) is 0 Å². The van der Waals surface area contributed by atoms with E-state index in [4.69, 9.17) is 0 Å². The Morgan fingerprint density at radius 1 is 1.40 bits per heavy atom. The van der Waals surface area contributed by atoms with E-state index >= 15 is 0 Å². The SMILES string of the molecule is C=CN(/N=C\C)C(C)(C)C. The summed E-state index contributed by atoms with van der Waals surface area (Å²) in [7, 11) is 0. The van der Waals surface area contributed by atoms with Crippen molar-refractivity contribution < 1.29 is 0 Å². The monoisotopic (exact) mass is 140 g/mol. The van der Waals surface area contributed by atoms with Gasteiger partial charge in [-0.1, -0.05) is 6.58 Å². The van der Waals surface area contributed by atoms with Crippen molar-refractivity contribution in [2.75, 3.05) is 0 Å². The summed E-state index contributed by atoms with van der Waals surface area (Å²) in [6, 6.07) is 0. The minimum absolute atomic E-state index is 0.0360. The molecule has 0 aliphatic rings. The molecule has 0 radical (unpaired) electrons. The number of hydrogen-bond acceptors (Lipinski definition) is 2. The lowest BCUT2D eigenvalue weighted by Gasteiger charge is -2.29. The molecule has 58 valence electrons. The number of hydrazone groups is 1. The van der Waals surface area contributed by atoms with Crippen LogP contribution in [-0.2, 0) is 0 Å². The molecule has 0 unspecified atom stereocenters. The first-order chi connectivity index (χ1) is 4.52. The number of rotatable bonds is 2. The molecule has 0 saturated carbocycles. The van der Waals surface area contributed by atoms with Crippen molar-refractivity contribution in [2.24, 2.45) is 5.10 Å². The zero-order valence-corrected chi connectivity index (χ0v) is 7.26. The summed E-state index contributed by atoms with van der Waals surface area (Å²) in [4.78, 5) is 0. The third-order valence-electron chi connectivity index (χ3n) is 1.10. The first kappa shape index (κ1) is 9.21. The third-order valence-corrected chi connectivity index (χ3v) is 1.10. The third kappa shape index (κ3) is 2.67. The molecule has 0 aromatic rings. The van der Waals surface area contributed by atoms with Gasteiger partial charge in [-0.3, -0.25) is 5.01 Å². The number of hydrogen-bond donors (Lipinski definition) is 0. The summed E-state index contributed by atoms with van der Waals surface area (Å²) >= 11 is 0. The van der Waals surface area contributed by atoms with E-state index < -0.39 is 0 Å². The predicted molar refractivity (Wildman–Crippen MR) is 46.0 cm³/mol. The van der Waals surface area contributed by atoms with Gasteiger partial charge in [0.15, 0.2) is 0 Å². The maximum Gasteiger partial charge on any atom is 0.0543 e. The molecule has 0 atom stereocenters. The topological polar surface area (TPSA) is 15.6 Å². The summed E-state index contributed by atoms with van der Waals surface area (Å²) in [5.41, 5.74) is 0.0360. The molecule has 0 fully saturated rings. The highest BCUT2D eigenvalue weighted by Gasteiger charge is 2.15. The molecular formula is C8H16N2. The Balaban J connectivity index is 4.21. The van der Waals surface area contributed by atoms with Crippen LogP contribution in [0.4, 0.5) is 0 Å². The standard InChI is InChI=1S/C8H16N2/c1-6-9-10(7-2)8(3,4)5/h6-7H,2H2,1,3-5H3/b9-6-. The molecule has 0 heterocycles. The maximum absolute atomic E-state index is 4.10. The van der Waals surface area contributed by atoms with Crippen LogP contribution in [0.15, 0.2) is 17.9 Å². The van der Waals surface area contributed by atoms with Crippen LogP contribution in [0.25, 0.3) is 0 Å². The molecule has 10 heavy (non-hydrogen) atoms. The van der Waals surface area contributed by atoms with Crippen molar-refractivity contribution >= 4 is 6.21 Å². The van der Waals surface area contributed by atoms with Gasteiger partial charge in [0, 0.05) is 12.4 Å². The molecule has 2 nitrogen and oxygen atoms in total. The van der Waals surface area contributed by atoms with E-state index in [1.54, 1.807) is 12.4 Å². The molecular weight excluding hydrogens is 124 g/mol. The molecule has 0 aromatic heterocycles. The van der Waals surface area contributed by atoms with Crippen molar-refractivity contribution in [3.8, 4) is 0 Å². The second-order valence-electron chi connectivity index (χ2n) is 3.07. The lowest BCUT2D eigenvalue weighted by Crippen LogP contribution is -2.32. The molecule has 2 heteroatoms. The van der Waals surface area contributed by atoms with Crippen LogP contribution < -0.4 is 0 Å². The summed E-state index contributed by atoms with van der Waals surface area (Å²) in [5, 5.41) is 5.93. The average Bonchev–Trinajstić information content (AvgIpc) is 1.80. The van der Waals surface area contributed by atoms with Crippen molar-refractivity contribution in [1.82, 2.24) is 5.01 Å². The van der Waals surface area contributed by atoms with E-state index in [1.165, 1.54) is 0 Å². The highest BCUT2D eigenvalue weighted by molar-refractivity contribution is 5.52. The van der Waals surface area contributed by atoms with Crippen molar-refractivity contribution in [1.29, 1.82) is 0 Å². The van der Waals surface area contributed by atoms with Gasteiger partial charge in [0.1, 0.15) is 0 Å². The lowest BCUT2D eigenvalue weighted by atomic mass is 10.1. The maximum atomic E-state index is 4.10. The molecule has 0 spiro atoms. The highest BCUT2D eigenvalue weighted by Crippen LogP contribution is 2.12. The van der Waals surface area contributed by atoms with E-state index in [1.807, 2.05) is 11.9 Å². The summed E-state index contributed by atoms with van der Waals surface area (Å²) in [5.74, 6) is 0. The van der Waals surface area contributed by atoms with Gasteiger partial charge in [-0.25, -0.2) is 0 Å². The average molecular weight is 140 g/mol. The molecule has 0 saturated heterocycles. The molecule has 0 rings (SSSR count). The second-order valence-corrected chi connectivity index (χ2v) is 3.07.